The second kappa shape index (κ2) is 6.71. The van der Waals surface area contributed by atoms with Crippen LogP contribution in [0.4, 0.5) is 0 Å². The van der Waals surface area contributed by atoms with Crippen LogP contribution in [-0.4, -0.2) is 17.6 Å². The molecular weight excluding hydrogens is 290 g/mol. The highest BCUT2D eigenvalue weighted by Gasteiger charge is 2.10. The molecule has 0 aromatic carbocycles. The van der Waals surface area contributed by atoms with Crippen molar-refractivity contribution in [3.63, 3.8) is 0 Å². The van der Waals surface area contributed by atoms with E-state index in [-0.39, 0.29) is 12.5 Å². The molecule has 2 N–H and O–H groups in total. The summed E-state index contributed by atoms with van der Waals surface area (Å²) >= 11 is 3.04. The van der Waals surface area contributed by atoms with E-state index in [9.17, 15) is 4.79 Å². The second-order valence-corrected chi connectivity index (χ2v) is 6.68. The molecule has 0 bridgehead atoms. The van der Waals surface area contributed by atoms with E-state index in [4.69, 9.17) is 5.11 Å². The number of thiophene rings is 2. The van der Waals surface area contributed by atoms with Gasteiger partial charge < -0.3 is 10.4 Å². The van der Waals surface area contributed by atoms with E-state index < -0.39 is 0 Å². The number of carbonyl (C=O) groups excluding carboxylic acids is 1. The maximum atomic E-state index is 12.0. The Labute approximate surface area is 126 Å². The van der Waals surface area contributed by atoms with Crippen LogP contribution in [0, 0.1) is 25.7 Å². The largest absolute Gasteiger partial charge is 0.384 e. The molecule has 0 fully saturated rings. The van der Waals surface area contributed by atoms with Gasteiger partial charge in [0, 0.05) is 9.75 Å². The Hall–Kier alpha value is -1.61. The van der Waals surface area contributed by atoms with E-state index in [1.54, 1.807) is 0 Å². The molecule has 3 nitrogen and oxygen atoms in total. The lowest BCUT2D eigenvalue weighted by Gasteiger charge is -2.00. The number of aliphatic hydroxyl groups is 1. The normalized spacial score (nSPS) is 9.95. The average Bonchev–Trinajstić information content (AvgIpc) is 3.01. The van der Waals surface area contributed by atoms with E-state index in [1.807, 2.05) is 32.0 Å². The molecule has 0 spiro atoms. The molecule has 5 heteroatoms. The fourth-order valence-corrected chi connectivity index (χ4v) is 3.38. The van der Waals surface area contributed by atoms with Crippen molar-refractivity contribution in [2.24, 2.45) is 0 Å². The molecule has 2 rings (SSSR count). The number of carbonyl (C=O) groups is 1. The Balaban J connectivity index is 1.95. The molecule has 0 unspecified atom stereocenters. The molecule has 1 amide bonds. The van der Waals surface area contributed by atoms with Crippen molar-refractivity contribution in [3.05, 3.63) is 43.3 Å². The van der Waals surface area contributed by atoms with E-state index in [2.05, 4.69) is 17.2 Å². The molecule has 20 heavy (non-hydrogen) atoms. The first-order chi connectivity index (χ1) is 9.60. The highest BCUT2D eigenvalue weighted by molar-refractivity contribution is 7.14. The lowest BCUT2D eigenvalue weighted by Crippen LogP contribution is -2.21. The number of rotatable bonds is 3. The Kier molecular flexibility index (Phi) is 4.96. The van der Waals surface area contributed by atoms with Gasteiger partial charge in [0.1, 0.15) is 6.61 Å². The number of aliphatic hydroxyl groups excluding tert-OH is 1. The first-order valence-corrected chi connectivity index (χ1v) is 7.77. The number of amides is 1. The van der Waals surface area contributed by atoms with Gasteiger partial charge in [-0.2, -0.15) is 0 Å². The van der Waals surface area contributed by atoms with Gasteiger partial charge in [-0.25, -0.2) is 0 Å². The van der Waals surface area contributed by atoms with E-state index in [0.29, 0.717) is 6.54 Å². The minimum Gasteiger partial charge on any atom is -0.384 e. The van der Waals surface area contributed by atoms with Crippen LogP contribution in [0.1, 0.15) is 29.9 Å². The van der Waals surface area contributed by atoms with Crippen molar-refractivity contribution in [1.29, 1.82) is 0 Å². The molecule has 2 aromatic heterocycles. The van der Waals surface area contributed by atoms with Crippen LogP contribution in [0.25, 0.3) is 0 Å². The van der Waals surface area contributed by atoms with Gasteiger partial charge in [0.05, 0.1) is 16.3 Å². The Morgan fingerprint density at radius 3 is 2.80 bits per heavy atom. The van der Waals surface area contributed by atoms with Crippen molar-refractivity contribution in [2.45, 2.75) is 20.4 Å². The Bertz CT molecular complexity index is 654. The smallest absolute Gasteiger partial charge is 0.261 e. The summed E-state index contributed by atoms with van der Waals surface area (Å²) in [6.45, 7) is 4.39. The zero-order valence-corrected chi connectivity index (χ0v) is 13.0. The van der Waals surface area contributed by atoms with E-state index >= 15 is 0 Å². The summed E-state index contributed by atoms with van der Waals surface area (Å²) in [4.78, 5) is 15.9. The summed E-state index contributed by atoms with van der Waals surface area (Å²) in [6.07, 6.45) is 0. The second-order valence-electron chi connectivity index (χ2n) is 4.26. The summed E-state index contributed by atoms with van der Waals surface area (Å²) in [5, 5.41) is 11.5. The third kappa shape index (κ3) is 3.70. The summed E-state index contributed by atoms with van der Waals surface area (Å²) in [6, 6.07) is 5.76. The molecule has 0 saturated carbocycles. The highest BCUT2D eigenvalue weighted by atomic mass is 32.1. The Morgan fingerprint density at radius 1 is 1.35 bits per heavy atom. The lowest BCUT2D eigenvalue weighted by atomic mass is 10.3. The van der Waals surface area contributed by atoms with Gasteiger partial charge in [-0.05, 0) is 37.6 Å². The lowest BCUT2D eigenvalue weighted by molar-refractivity contribution is 0.0955. The van der Waals surface area contributed by atoms with Crippen molar-refractivity contribution in [1.82, 2.24) is 5.32 Å². The maximum Gasteiger partial charge on any atom is 0.261 e. The fourth-order valence-electron chi connectivity index (χ4n) is 1.61. The SMILES string of the molecule is Cc1cc(C(=O)NCc2ccc(C#CCO)s2)sc1C. The van der Waals surface area contributed by atoms with Crippen LogP contribution in [-0.2, 0) is 6.54 Å². The van der Waals surface area contributed by atoms with Crippen molar-refractivity contribution < 1.29 is 9.90 Å². The number of nitrogens with one attached hydrogen (secondary N) is 1. The predicted octanol–water partition coefficient (Wildman–Crippen LogP) is 2.70. The molecule has 0 atom stereocenters. The highest BCUT2D eigenvalue weighted by Crippen LogP contribution is 2.21. The van der Waals surface area contributed by atoms with Crippen LogP contribution in [0.15, 0.2) is 18.2 Å². The van der Waals surface area contributed by atoms with Gasteiger partial charge >= 0.3 is 0 Å². The molecule has 0 radical (unpaired) electrons. The minimum absolute atomic E-state index is 0.0393. The van der Waals surface area contributed by atoms with Crippen LogP contribution in [0.5, 0.6) is 0 Å². The van der Waals surface area contributed by atoms with Crippen LogP contribution >= 0.6 is 22.7 Å². The zero-order valence-electron chi connectivity index (χ0n) is 11.3. The van der Waals surface area contributed by atoms with Gasteiger partial charge in [0.15, 0.2) is 0 Å². The van der Waals surface area contributed by atoms with Crippen molar-refractivity contribution in [2.75, 3.05) is 6.61 Å². The Morgan fingerprint density at radius 2 is 2.15 bits per heavy atom. The van der Waals surface area contributed by atoms with Crippen LogP contribution in [0.3, 0.4) is 0 Å². The third-order valence-corrected chi connectivity index (χ3v) is 4.92. The van der Waals surface area contributed by atoms with E-state index in [0.717, 1.165) is 20.2 Å². The van der Waals surface area contributed by atoms with Crippen molar-refractivity contribution >= 4 is 28.6 Å². The monoisotopic (exact) mass is 305 g/mol. The van der Waals surface area contributed by atoms with Gasteiger partial charge in [0.2, 0.25) is 0 Å². The summed E-state index contributed by atoms with van der Waals surface area (Å²) in [7, 11) is 0. The molecule has 2 heterocycles. The summed E-state index contributed by atoms with van der Waals surface area (Å²) in [5.74, 6) is 5.42. The number of aryl methyl sites for hydroxylation is 2. The van der Waals surface area contributed by atoms with Crippen LogP contribution in [0.2, 0.25) is 0 Å². The minimum atomic E-state index is -0.138. The first-order valence-electron chi connectivity index (χ1n) is 6.14. The molecular formula is C15H15NO2S2. The average molecular weight is 305 g/mol. The van der Waals surface area contributed by atoms with Gasteiger partial charge in [-0.1, -0.05) is 11.8 Å². The third-order valence-electron chi connectivity index (χ3n) is 2.77. The van der Waals surface area contributed by atoms with E-state index in [1.165, 1.54) is 27.6 Å². The topological polar surface area (TPSA) is 49.3 Å². The number of hydrogen-bond acceptors (Lipinski definition) is 4. The fraction of sp³-hybridized carbons (Fsp3) is 0.267. The number of hydrogen-bond donors (Lipinski definition) is 2. The summed E-state index contributed by atoms with van der Waals surface area (Å²) in [5.41, 5.74) is 1.15. The zero-order chi connectivity index (χ0) is 14.5. The van der Waals surface area contributed by atoms with Crippen molar-refractivity contribution in [3.8, 4) is 11.8 Å². The molecule has 2 aromatic rings. The maximum absolute atomic E-state index is 12.0. The predicted molar refractivity (Wildman–Crippen MR) is 83.2 cm³/mol. The molecule has 0 aliphatic heterocycles. The molecule has 0 aliphatic carbocycles. The molecule has 104 valence electrons. The molecule has 0 saturated heterocycles. The first kappa shape index (κ1) is 14.8. The summed E-state index contributed by atoms with van der Waals surface area (Å²) < 4.78 is 0. The van der Waals surface area contributed by atoms with Gasteiger partial charge in [0.25, 0.3) is 5.91 Å². The van der Waals surface area contributed by atoms with Gasteiger partial charge in [-0.15, -0.1) is 22.7 Å². The molecule has 0 aliphatic rings. The van der Waals surface area contributed by atoms with Gasteiger partial charge in [-0.3, -0.25) is 4.79 Å². The van der Waals surface area contributed by atoms with Crippen LogP contribution < -0.4 is 5.32 Å². The quantitative estimate of drug-likeness (QED) is 0.857. The standard InChI is InChI=1S/C15H15NO2S2/c1-10-8-14(19-11(10)2)15(18)16-9-13-6-5-12(20-13)4-3-7-17/h5-6,8,17H,7,9H2,1-2H3,(H,16,18).